The first kappa shape index (κ1) is 17.2. The van der Waals surface area contributed by atoms with Gasteiger partial charge >= 0.3 is 5.97 Å². The summed E-state index contributed by atoms with van der Waals surface area (Å²) in [5.74, 6) is 0.642. The minimum atomic E-state index is -0.446. The average Bonchev–Trinajstić information content (AvgIpc) is 2.57. The highest BCUT2D eigenvalue weighted by atomic mass is 79.9. The van der Waals surface area contributed by atoms with Crippen molar-refractivity contribution in [1.29, 1.82) is 0 Å². The van der Waals surface area contributed by atoms with Crippen molar-refractivity contribution < 1.29 is 14.3 Å². The molecule has 0 saturated carbocycles. The average molecular weight is 403 g/mol. The highest BCUT2D eigenvalue weighted by Gasteiger charge is 2.16. The van der Waals surface area contributed by atoms with Gasteiger partial charge in [-0.3, -0.25) is 9.59 Å². The number of hydrogen-bond donors (Lipinski definition) is 1. The molecule has 1 heterocycles. The van der Waals surface area contributed by atoms with E-state index in [0.717, 1.165) is 0 Å². The van der Waals surface area contributed by atoms with Crippen LogP contribution in [-0.2, 0) is 4.79 Å². The summed E-state index contributed by atoms with van der Waals surface area (Å²) in [6.07, 6.45) is 0. The van der Waals surface area contributed by atoms with Crippen molar-refractivity contribution in [1.82, 2.24) is 9.97 Å². The third-order valence-corrected chi connectivity index (χ3v) is 4.11. The van der Waals surface area contributed by atoms with Crippen LogP contribution in [0.15, 0.2) is 45.7 Å². The maximum absolute atomic E-state index is 12.3. The zero-order valence-corrected chi connectivity index (χ0v) is 15.2. The van der Waals surface area contributed by atoms with Crippen molar-refractivity contribution in [2.45, 2.75) is 13.8 Å². The smallest absolute Gasteiger partial charge is 0.308 e. The number of ether oxygens (including phenoxy) is 2. The molecule has 1 aromatic heterocycles. The molecule has 0 unspecified atom stereocenters. The minimum Gasteiger partial charge on any atom is -0.490 e. The second-order valence-corrected chi connectivity index (χ2v) is 6.09. The first-order valence-corrected chi connectivity index (χ1v) is 8.43. The van der Waals surface area contributed by atoms with Gasteiger partial charge in [-0.2, -0.15) is 0 Å². The number of fused-ring (bicyclic) bond motifs is 1. The van der Waals surface area contributed by atoms with Gasteiger partial charge in [-0.05, 0) is 47.1 Å². The van der Waals surface area contributed by atoms with E-state index in [1.165, 1.54) is 6.92 Å². The maximum Gasteiger partial charge on any atom is 0.308 e. The van der Waals surface area contributed by atoms with Crippen molar-refractivity contribution >= 4 is 32.8 Å². The summed E-state index contributed by atoms with van der Waals surface area (Å²) < 4.78 is 11.3. The van der Waals surface area contributed by atoms with E-state index in [-0.39, 0.29) is 5.56 Å². The number of esters is 1. The number of nitrogens with zero attached hydrogens (tertiary/aromatic N) is 1. The van der Waals surface area contributed by atoms with Gasteiger partial charge in [0.25, 0.3) is 5.56 Å². The predicted molar refractivity (Wildman–Crippen MR) is 98.0 cm³/mol. The van der Waals surface area contributed by atoms with E-state index in [1.807, 2.05) is 13.0 Å². The topological polar surface area (TPSA) is 81.3 Å². The molecule has 6 nitrogen and oxygen atoms in total. The number of rotatable bonds is 4. The number of H-pyrrole nitrogens is 1. The van der Waals surface area contributed by atoms with Gasteiger partial charge in [0.2, 0.25) is 0 Å². The van der Waals surface area contributed by atoms with E-state index in [9.17, 15) is 9.59 Å². The van der Waals surface area contributed by atoms with Crippen molar-refractivity contribution in [2.75, 3.05) is 6.61 Å². The van der Waals surface area contributed by atoms with Crippen LogP contribution in [0.4, 0.5) is 0 Å². The molecule has 0 amide bonds. The van der Waals surface area contributed by atoms with Crippen molar-refractivity contribution in [2.24, 2.45) is 0 Å². The van der Waals surface area contributed by atoms with Gasteiger partial charge in [-0.25, -0.2) is 4.98 Å². The number of hydrogen-bond acceptors (Lipinski definition) is 5. The van der Waals surface area contributed by atoms with Gasteiger partial charge in [0, 0.05) is 17.0 Å². The lowest BCUT2D eigenvalue weighted by molar-refractivity contribution is -0.132. The summed E-state index contributed by atoms with van der Waals surface area (Å²) in [6, 6.07) is 10.4. The fraction of sp³-hybridized carbons (Fsp3) is 0.167. The van der Waals surface area contributed by atoms with Crippen LogP contribution in [0.25, 0.3) is 22.3 Å². The molecule has 25 heavy (non-hydrogen) atoms. The molecule has 7 heteroatoms. The van der Waals surface area contributed by atoms with Crippen LogP contribution < -0.4 is 15.0 Å². The number of aromatic nitrogens is 2. The molecule has 0 saturated heterocycles. The highest BCUT2D eigenvalue weighted by Crippen LogP contribution is 2.37. The molecule has 0 aliphatic rings. The van der Waals surface area contributed by atoms with Crippen molar-refractivity contribution in [3.8, 4) is 22.9 Å². The number of carbonyl (C=O) groups is 1. The number of aromatic amines is 1. The van der Waals surface area contributed by atoms with E-state index in [1.54, 1.807) is 30.3 Å². The molecule has 0 spiro atoms. The summed E-state index contributed by atoms with van der Waals surface area (Å²) in [4.78, 5) is 30.9. The molecule has 0 fully saturated rings. The Bertz CT molecular complexity index is 1010. The number of nitrogens with one attached hydrogen (secondary N) is 1. The van der Waals surface area contributed by atoms with Crippen molar-refractivity contribution in [3.05, 3.63) is 51.2 Å². The molecule has 128 valence electrons. The van der Waals surface area contributed by atoms with Gasteiger partial charge in [0.05, 0.1) is 17.5 Å². The Kier molecular flexibility index (Phi) is 4.85. The third-order valence-electron chi connectivity index (χ3n) is 3.45. The molecular formula is C18H15BrN2O4. The summed E-state index contributed by atoms with van der Waals surface area (Å²) >= 11 is 3.44. The molecule has 0 radical (unpaired) electrons. The van der Waals surface area contributed by atoms with Gasteiger partial charge in [0.15, 0.2) is 11.5 Å². The van der Waals surface area contributed by atoms with Crippen molar-refractivity contribution in [3.63, 3.8) is 0 Å². The Hall–Kier alpha value is -2.67. The van der Waals surface area contributed by atoms with E-state index < -0.39 is 5.97 Å². The van der Waals surface area contributed by atoms with Crippen LogP contribution in [0, 0.1) is 0 Å². The van der Waals surface area contributed by atoms with Crippen LogP contribution >= 0.6 is 15.9 Å². The lowest BCUT2D eigenvalue weighted by Gasteiger charge is -2.13. The fourth-order valence-corrected chi connectivity index (χ4v) is 2.94. The number of para-hydroxylation sites is 1. The lowest BCUT2D eigenvalue weighted by Crippen LogP contribution is -2.10. The first-order chi connectivity index (χ1) is 12.0. The predicted octanol–water partition coefficient (Wildman–Crippen LogP) is 3.68. The molecular weight excluding hydrogens is 388 g/mol. The van der Waals surface area contributed by atoms with Gasteiger partial charge in [-0.15, -0.1) is 0 Å². The van der Waals surface area contributed by atoms with Crippen LogP contribution in [0.2, 0.25) is 0 Å². The quantitative estimate of drug-likeness (QED) is 0.531. The normalized spacial score (nSPS) is 10.7. The van der Waals surface area contributed by atoms with E-state index in [4.69, 9.17) is 9.47 Å². The molecule has 0 aliphatic carbocycles. The molecule has 3 rings (SSSR count). The molecule has 3 aromatic rings. The monoisotopic (exact) mass is 402 g/mol. The fourth-order valence-electron chi connectivity index (χ4n) is 2.43. The molecule has 1 N–H and O–H groups in total. The van der Waals surface area contributed by atoms with E-state index in [2.05, 4.69) is 25.9 Å². The maximum atomic E-state index is 12.3. The zero-order valence-electron chi connectivity index (χ0n) is 13.6. The summed E-state index contributed by atoms with van der Waals surface area (Å²) in [6.45, 7) is 3.55. The van der Waals surface area contributed by atoms with Gasteiger partial charge in [0.1, 0.15) is 5.82 Å². The Morgan fingerprint density at radius 2 is 2.00 bits per heavy atom. The van der Waals surface area contributed by atoms with Gasteiger partial charge < -0.3 is 14.5 Å². The molecule has 0 aliphatic heterocycles. The molecule has 2 aromatic carbocycles. The Morgan fingerprint density at radius 3 is 2.72 bits per heavy atom. The van der Waals surface area contributed by atoms with Crippen LogP contribution in [-0.4, -0.2) is 22.5 Å². The molecule has 0 atom stereocenters. The Balaban J connectivity index is 2.18. The van der Waals surface area contributed by atoms with E-state index >= 15 is 0 Å². The largest absolute Gasteiger partial charge is 0.490 e. The van der Waals surface area contributed by atoms with Gasteiger partial charge in [-0.1, -0.05) is 12.1 Å². The summed E-state index contributed by atoms with van der Waals surface area (Å²) in [5.41, 5.74) is 0.992. The van der Waals surface area contributed by atoms with Crippen LogP contribution in [0.1, 0.15) is 13.8 Å². The van der Waals surface area contributed by atoms with Crippen LogP contribution in [0.3, 0.4) is 0 Å². The number of halogens is 1. The van der Waals surface area contributed by atoms with Crippen LogP contribution in [0.5, 0.6) is 11.5 Å². The lowest BCUT2D eigenvalue weighted by atomic mass is 10.1. The highest BCUT2D eigenvalue weighted by molar-refractivity contribution is 9.10. The zero-order chi connectivity index (χ0) is 18.0. The summed E-state index contributed by atoms with van der Waals surface area (Å²) in [5, 5.41) is 0.518. The standard InChI is InChI=1S/C18H15BrN2O4/c1-3-24-15-8-12(13(19)9-16(15)25-10(2)22)17-20-14-7-5-4-6-11(14)18(23)21-17/h4-9H,3H2,1-2H3,(H,20,21,23). The Labute approximate surface area is 151 Å². The van der Waals surface area contributed by atoms with E-state index in [0.29, 0.717) is 44.9 Å². The number of carbonyl (C=O) groups excluding carboxylic acids is 1. The molecule has 0 bridgehead atoms. The number of benzene rings is 2. The first-order valence-electron chi connectivity index (χ1n) is 7.63. The Morgan fingerprint density at radius 1 is 1.24 bits per heavy atom. The minimum absolute atomic E-state index is 0.227. The second-order valence-electron chi connectivity index (χ2n) is 5.24. The summed E-state index contributed by atoms with van der Waals surface area (Å²) in [7, 11) is 0. The second kappa shape index (κ2) is 7.06. The third kappa shape index (κ3) is 3.56. The SMILES string of the molecule is CCOc1cc(-c2nc3ccccc3c(=O)[nH]2)c(Br)cc1OC(C)=O.